The third-order valence-corrected chi connectivity index (χ3v) is 4.05. The quantitative estimate of drug-likeness (QED) is 0.882. The van der Waals surface area contributed by atoms with Crippen LogP contribution in [-0.4, -0.2) is 23.3 Å². The maximum Gasteiger partial charge on any atom is 0.262 e. The van der Waals surface area contributed by atoms with Gasteiger partial charge in [-0.2, -0.15) is 0 Å². The molecule has 1 atom stereocenters. The van der Waals surface area contributed by atoms with Crippen LogP contribution in [0.2, 0.25) is 5.02 Å². The van der Waals surface area contributed by atoms with E-state index in [1.165, 1.54) is 4.90 Å². The van der Waals surface area contributed by atoms with Crippen LogP contribution in [0.4, 0.5) is 0 Å². The largest absolute Gasteiger partial charge is 0.330 e. The average Bonchev–Trinajstić information content (AvgIpc) is 2.77. The number of nitrogens with zero attached hydrogens (tertiary/aromatic N) is 1. The number of amides is 2. The number of fused-ring (bicyclic) bond motifs is 1. The van der Waals surface area contributed by atoms with Gasteiger partial charge in [-0.15, -0.1) is 0 Å². The summed E-state index contributed by atoms with van der Waals surface area (Å²) >= 11 is 6.04. The zero-order valence-corrected chi connectivity index (χ0v) is 12.6. The van der Waals surface area contributed by atoms with Crippen LogP contribution in [0, 0.1) is 0 Å². The van der Waals surface area contributed by atoms with E-state index in [0.717, 1.165) is 5.56 Å². The zero-order chi connectivity index (χ0) is 15.7. The van der Waals surface area contributed by atoms with E-state index < -0.39 is 6.04 Å². The minimum atomic E-state index is -0.406. The number of rotatable bonds is 4. The van der Waals surface area contributed by atoms with Crippen LogP contribution in [0.5, 0.6) is 0 Å². The molecule has 0 saturated carbocycles. The summed E-state index contributed by atoms with van der Waals surface area (Å²) in [6, 6.07) is 13.6. The first-order valence-electron chi connectivity index (χ1n) is 7.06. The van der Waals surface area contributed by atoms with Gasteiger partial charge >= 0.3 is 0 Å². The molecule has 0 fully saturated rings. The highest BCUT2D eigenvalue weighted by Crippen LogP contribution is 2.33. The molecule has 1 heterocycles. The van der Waals surface area contributed by atoms with Gasteiger partial charge in [0.1, 0.15) is 0 Å². The number of hydrogen-bond donors (Lipinski definition) is 1. The van der Waals surface area contributed by atoms with Crippen LogP contribution in [0.15, 0.2) is 48.5 Å². The number of carbonyl (C=O) groups excluding carboxylic acids is 2. The molecule has 1 aliphatic heterocycles. The Balaban J connectivity index is 2.04. The minimum absolute atomic E-state index is 0.279. The maximum atomic E-state index is 12.6. The van der Waals surface area contributed by atoms with Crippen LogP contribution in [0.1, 0.15) is 38.7 Å². The fraction of sp³-hybridized carbons (Fsp3) is 0.176. The van der Waals surface area contributed by atoms with Crippen molar-refractivity contribution in [3.8, 4) is 0 Å². The second kappa shape index (κ2) is 5.91. The highest BCUT2D eigenvalue weighted by Gasteiger charge is 2.39. The van der Waals surface area contributed by atoms with E-state index in [2.05, 4.69) is 0 Å². The Morgan fingerprint density at radius 1 is 1.00 bits per heavy atom. The fourth-order valence-electron chi connectivity index (χ4n) is 2.81. The molecule has 5 heteroatoms. The van der Waals surface area contributed by atoms with Crippen molar-refractivity contribution in [2.45, 2.75) is 12.5 Å². The molecule has 0 aromatic heterocycles. The molecular weight excluding hydrogens is 300 g/mol. The summed E-state index contributed by atoms with van der Waals surface area (Å²) < 4.78 is 0. The average molecular weight is 315 g/mol. The summed E-state index contributed by atoms with van der Waals surface area (Å²) in [6.45, 7) is 0.366. The van der Waals surface area contributed by atoms with Crippen molar-refractivity contribution in [2.75, 3.05) is 6.54 Å². The third kappa shape index (κ3) is 2.40. The van der Waals surface area contributed by atoms with Crippen molar-refractivity contribution in [3.63, 3.8) is 0 Å². The van der Waals surface area contributed by atoms with Crippen molar-refractivity contribution in [3.05, 3.63) is 70.2 Å². The van der Waals surface area contributed by atoms with Crippen LogP contribution in [-0.2, 0) is 0 Å². The summed E-state index contributed by atoms with van der Waals surface area (Å²) in [5, 5.41) is 0.566. The van der Waals surface area contributed by atoms with Crippen LogP contribution >= 0.6 is 11.6 Å². The molecule has 0 spiro atoms. The Hall–Kier alpha value is -2.17. The Morgan fingerprint density at radius 3 is 2.18 bits per heavy atom. The highest BCUT2D eigenvalue weighted by atomic mass is 35.5. The van der Waals surface area contributed by atoms with Gasteiger partial charge in [0.05, 0.1) is 17.2 Å². The lowest BCUT2D eigenvalue weighted by Crippen LogP contribution is -2.35. The standard InChI is InChI=1S/C17H15ClN2O2/c18-12-5-3-4-11(10-12)15(8-9-19)20-16(21)13-6-1-2-7-14(13)17(20)22/h1-7,10,15H,8-9,19H2. The second-order valence-corrected chi connectivity index (χ2v) is 5.61. The van der Waals surface area contributed by atoms with Crippen molar-refractivity contribution < 1.29 is 9.59 Å². The third-order valence-electron chi connectivity index (χ3n) is 3.81. The normalized spacial score (nSPS) is 15.1. The monoisotopic (exact) mass is 314 g/mol. The Bertz CT molecular complexity index is 710. The van der Waals surface area contributed by atoms with Crippen LogP contribution < -0.4 is 5.73 Å². The van der Waals surface area contributed by atoms with E-state index in [4.69, 9.17) is 17.3 Å². The fourth-order valence-corrected chi connectivity index (χ4v) is 3.01. The molecule has 0 radical (unpaired) electrons. The van der Waals surface area contributed by atoms with Gasteiger partial charge in [0, 0.05) is 5.02 Å². The van der Waals surface area contributed by atoms with E-state index >= 15 is 0 Å². The predicted octanol–water partition coefficient (Wildman–Crippen LogP) is 3.03. The molecule has 1 aliphatic rings. The molecule has 2 aromatic carbocycles. The molecule has 112 valence electrons. The van der Waals surface area contributed by atoms with Crippen LogP contribution in [0.25, 0.3) is 0 Å². The van der Waals surface area contributed by atoms with E-state index in [1.807, 2.05) is 6.07 Å². The summed E-state index contributed by atoms with van der Waals surface area (Å²) in [5.41, 5.74) is 7.38. The van der Waals surface area contributed by atoms with Gasteiger partial charge in [0.25, 0.3) is 11.8 Å². The van der Waals surface area contributed by atoms with Crippen molar-refractivity contribution >= 4 is 23.4 Å². The molecule has 0 aliphatic carbocycles. The van der Waals surface area contributed by atoms with E-state index in [0.29, 0.717) is 29.1 Å². The van der Waals surface area contributed by atoms with E-state index in [1.54, 1.807) is 42.5 Å². The summed E-state index contributed by atoms with van der Waals surface area (Å²) in [4.78, 5) is 26.5. The first kappa shape index (κ1) is 14.8. The van der Waals surface area contributed by atoms with Gasteiger partial charge in [0.15, 0.2) is 0 Å². The van der Waals surface area contributed by atoms with Crippen molar-refractivity contribution in [1.82, 2.24) is 4.90 Å². The molecule has 2 aromatic rings. The van der Waals surface area contributed by atoms with Gasteiger partial charge < -0.3 is 5.73 Å². The number of benzene rings is 2. The van der Waals surface area contributed by atoms with E-state index in [9.17, 15) is 9.59 Å². The van der Waals surface area contributed by atoms with Crippen molar-refractivity contribution in [1.29, 1.82) is 0 Å². The zero-order valence-electron chi connectivity index (χ0n) is 11.8. The SMILES string of the molecule is NCCC(c1cccc(Cl)c1)N1C(=O)c2ccccc2C1=O. The molecule has 0 bridgehead atoms. The lowest BCUT2D eigenvalue weighted by molar-refractivity contribution is 0.0576. The number of halogens is 1. The number of carbonyl (C=O) groups is 2. The molecule has 1 unspecified atom stereocenters. The lowest BCUT2D eigenvalue weighted by Gasteiger charge is -2.26. The highest BCUT2D eigenvalue weighted by molar-refractivity contribution is 6.30. The Kier molecular flexibility index (Phi) is 3.96. The van der Waals surface area contributed by atoms with Gasteiger partial charge in [0.2, 0.25) is 0 Å². The Morgan fingerprint density at radius 2 is 1.64 bits per heavy atom. The van der Waals surface area contributed by atoms with Gasteiger partial charge in [-0.3, -0.25) is 14.5 Å². The molecule has 0 saturated heterocycles. The number of hydrogen-bond acceptors (Lipinski definition) is 3. The van der Waals surface area contributed by atoms with Gasteiger partial charge in [-0.1, -0.05) is 35.9 Å². The maximum absolute atomic E-state index is 12.6. The molecule has 2 amide bonds. The summed E-state index contributed by atoms with van der Waals surface area (Å²) in [6.07, 6.45) is 0.492. The second-order valence-electron chi connectivity index (χ2n) is 5.17. The van der Waals surface area contributed by atoms with Crippen molar-refractivity contribution in [2.24, 2.45) is 5.73 Å². The predicted molar refractivity (Wildman–Crippen MR) is 84.8 cm³/mol. The number of imide groups is 1. The smallest absolute Gasteiger partial charge is 0.262 e. The molecule has 22 heavy (non-hydrogen) atoms. The molecule has 3 rings (SSSR count). The molecule has 2 N–H and O–H groups in total. The molecular formula is C17H15ClN2O2. The van der Waals surface area contributed by atoms with Gasteiger partial charge in [-0.05, 0) is 42.8 Å². The van der Waals surface area contributed by atoms with E-state index in [-0.39, 0.29) is 11.8 Å². The first-order valence-corrected chi connectivity index (χ1v) is 7.43. The van der Waals surface area contributed by atoms with Crippen LogP contribution in [0.3, 0.4) is 0 Å². The van der Waals surface area contributed by atoms with Gasteiger partial charge in [-0.25, -0.2) is 0 Å². The number of nitrogens with two attached hydrogens (primary N) is 1. The summed E-state index contributed by atoms with van der Waals surface area (Å²) in [7, 11) is 0. The lowest BCUT2D eigenvalue weighted by atomic mass is 10.0. The Labute approximate surface area is 133 Å². The first-order chi connectivity index (χ1) is 10.6. The topological polar surface area (TPSA) is 63.4 Å². The molecule has 4 nitrogen and oxygen atoms in total. The minimum Gasteiger partial charge on any atom is -0.330 e. The summed E-state index contributed by atoms with van der Waals surface area (Å²) in [5.74, 6) is -0.557.